The molecule has 0 aliphatic rings. The summed E-state index contributed by atoms with van der Waals surface area (Å²) >= 11 is 0. The molecule has 0 amide bonds. The molecule has 0 spiro atoms. The molecule has 0 saturated heterocycles. The SMILES string of the molecule is CCO[Si](CCCc1ccc2c(C)cc(=O)oc2c1)(OCC)OCC. The number of rotatable bonds is 10. The van der Waals surface area contributed by atoms with Gasteiger partial charge in [0.1, 0.15) is 5.58 Å². The van der Waals surface area contributed by atoms with Crippen molar-refractivity contribution in [2.24, 2.45) is 0 Å². The van der Waals surface area contributed by atoms with E-state index >= 15 is 0 Å². The smallest absolute Gasteiger partial charge is 0.423 e. The quantitative estimate of drug-likeness (QED) is 0.469. The Morgan fingerprint density at radius 3 is 2.24 bits per heavy atom. The first-order valence-corrected chi connectivity index (χ1v) is 10.9. The van der Waals surface area contributed by atoms with Gasteiger partial charge in [0.2, 0.25) is 0 Å². The minimum atomic E-state index is -2.59. The lowest BCUT2D eigenvalue weighted by atomic mass is 10.1. The van der Waals surface area contributed by atoms with E-state index in [0.29, 0.717) is 25.4 Å². The van der Waals surface area contributed by atoms with Gasteiger partial charge in [0.05, 0.1) is 0 Å². The summed E-state index contributed by atoms with van der Waals surface area (Å²) in [6.07, 6.45) is 1.75. The van der Waals surface area contributed by atoms with E-state index in [-0.39, 0.29) is 5.63 Å². The van der Waals surface area contributed by atoms with Crippen molar-refractivity contribution in [1.29, 1.82) is 0 Å². The zero-order valence-corrected chi connectivity index (χ0v) is 16.6. The Morgan fingerprint density at radius 1 is 1.00 bits per heavy atom. The van der Waals surface area contributed by atoms with Gasteiger partial charge in [-0.1, -0.05) is 12.1 Å². The highest BCUT2D eigenvalue weighted by molar-refractivity contribution is 6.60. The molecule has 2 rings (SSSR count). The third kappa shape index (κ3) is 5.25. The van der Waals surface area contributed by atoms with Gasteiger partial charge in [-0.05, 0) is 57.7 Å². The van der Waals surface area contributed by atoms with E-state index in [1.165, 1.54) is 6.07 Å². The molecule has 0 atom stereocenters. The summed E-state index contributed by atoms with van der Waals surface area (Å²) in [5.74, 6) is 0. The number of hydrogen-bond acceptors (Lipinski definition) is 5. The molecule has 0 fully saturated rings. The van der Waals surface area contributed by atoms with Crippen molar-refractivity contribution >= 4 is 19.8 Å². The second-order valence-corrected chi connectivity index (χ2v) is 8.65. The highest BCUT2D eigenvalue weighted by Crippen LogP contribution is 2.22. The average Bonchev–Trinajstić information content (AvgIpc) is 2.55. The standard InChI is InChI=1S/C19H28O5Si/c1-5-21-25(22-6-2,23-7-3)12-8-9-16-10-11-17-15(4)13-19(20)24-18(17)14-16/h10-11,13-14H,5-9,12H2,1-4H3. The molecule has 0 unspecified atom stereocenters. The van der Waals surface area contributed by atoms with Gasteiger partial charge in [-0.2, -0.15) is 0 Å². The van der Waals surface area contributed by atoms with E-state index in [4.69, 9.17) is 17.7 Å². The highest BCUT2D eigenvalue weighted by atomic mass is 28.4. The minimum absolute atomic E-state index is 0.308. The van der Waals surface area contributed by atoms with Crippen molar-refractivity contribution in [1.82, 2.24) is 0 Å². The topological polar surface area (TPSA) is 57.9 Å². The van der Waals surface area contributed by atoms with Crippen LogP contribution in [0.3, 0.4) is 0 Å². The van der Waals surface area contributed by atoms with Crippen molar-refractivity contribution in [2.45, 2.75) is 46.6 Å². The van der Waals surface area contributed by atoms with Crippen molar-refractivity contribution in [3.8, 4) is 0 Å². The first-order valence-electron chi connectivity index (χ1n) is 8.98. The predicted octanol–water partition coefficient (Wildman–Crippen LogP) is 4.08. The number of benzene rings is 1. The van der Waals surface area contributed by atoms with Crippen LogP contribution in [0.5, 0.6) is 0 Å². The third-order valence-electron chi connectivity index (χ3n) is 4.06. The molecular weight excluding hydrogens is 336 g/mol. The molecule has 5 nitrogen and oxygen atoms in total. The molecule has 1 heterocycles. The van der Waals surface area contributed by atoms with Gasteiger partial charge in [-0.25, -0.2) is 4.79 Å². The number of hydrogen-bond donors (Lipinski definition) is 0. The summed E-state index contributed by atoms with van der Waals surface area (Å²) in [5, 5.41) is 0.977. The van der Waals surface area contributed by atoms with Crippen LogP contribution < -0.4 is 5.63 Å². The van der Waals surface area contributed by atoms with Gasteiger partial charge in [0.25, 0.3) is 0 Å². The van der Waals surface area contributed by atoms with Gasteiger partial charge < -0.3 is 17.7 Å². The van der Waals surface area contributed by atoms with Gasteiger partial charge in [-0.3, -0.25) is 0 Å². The summed E-state index contributed by atoms with van der Waals surface area (Å²) in [4.78, 5) is 11.6. The van der Waals surface area contributed by atoms with Crippen LogP contribution in [0.2, 0.25) is 6.04 Å². The molecule has 1 aromatic carbocycles. The summed E-state index contributed by atoms with van der Waals surface area (Å²) < 4.78 is 23.0. The minimum Gasteiger partial charge on any atom is -0.423 e. The van der Waals surface area contributed by atoms with Crippen LogP contribution in [0.25, 0.3) is 11.0 Å². The molecule has 2 aromatic rings. The zero-order valence-electron chi connectivity index (χ0n) is 15.6. The maximum Gasteiger partial charge on any atom is 0.500 e. The maximum atomic E-state index is 11.6. The monoisotopic (exact) mass is 364 g/mol. The lowest BCUT2D eigenvalue weighted by molar-refractivity contribution is 0.0708. The Bertz CT molecular complexity index is 723. The summed E-state index contributed by atoms with van der Waals surface area (Å²) in [5.41, 5.74) is 2.41. The Hall–Kier alpha value is -1.47. The van der Waals surface area contributed by atoms with E-state index in [1.807, 2.05) is 39.8 Å². The fourth-order valence-corrected chi connectivity index (χ4v) is 5.65. The largest absolute Gasteiger partial charge is 0.500 e. The fraction of sp³-hybridized carbons (Fsp3) is 0.526. The van der Waals surface area contributed by atoms with E-state index in [9.17, 15) is 4.79 Å². The molecule has 0 saturated carbocycles. The Labute approximate surface area is 150 Å². The lowest BCUT2D eigenvalue weighted by Crippen LogP contribution is -2.46. The van der Waals surface area contributed by atoms with Crippen molar-refractivity contribution in [3.63, 3.8) is 0 Å². The van der Waals surface area contributed by atoms with Gasteiger partial charge >= 0.3 is 14.4 Å². The van der Waals surface area contributed by atoms with Crippen LogP contribution in [-0.4, -0.2) is 28.6 Å². The van der Waals surface area contributed by atoms with Crippen molar-refractivity contribution in [2.75, 3.05) is 19.8 Å². The van der Waals surface area contributed by atoms with E-state index in [1.54, 1.807) is 0 Å². The predicted molar refractivity (Wildman–Crippen MR) is 101 cm³/mol. The molecule has 138 valence electrons. The van der Waals surface area contributed by atoms with Crippen LogP contribution in [0.4, 0.5) is 0 Å². The van der Waals surface area contributed by atoms with E-state index in [2.05, 4.69) is 6.07 Å². The molecule has 0 N–H and O–H groups in total. The Kier molecular flexibility index (Phi) is 7.37. The molecule has 0 aliphatic heterocycles. The second-order valence-electron chi connectivity index (χ2n) is 5.91. The second kappa shape index (κ2) is 9.29. The third-order valence-corrected chi connectivity index (χ3v) is 7.21. The fourth-order valence-electron chi connectivity index (χ4n) is 3.04. The molecule has 1 aromatic heterocycles. The first-order chi connectivity index (χ1) is 12.0. The Balaban J connectivity index is 2.09. The summed E-state index contributed by atoms with van der Waals surface area (Å²) in [6.45, 7) is 9.59. The molecule has 0 bridgehead atoms. The summed E-state index contributed by atoms with van der Waals surface area (Å²) in [7, 11) is -2.59. The van der Waals surface area contributed by atoms with Gasteiger partial charge in [0, 0.05) is 37.3 Å². The normalized spacial score (nSPS) is 12.0. The van der Waals surface area contributed by atoms with Gasteiger partial charge in [0.15, 0.2) is 0 Å². The van der Waals surface area contributed by atoms with E-state index < -0.39 is 8.80 Å². The van der Waals surface area contributed by atoms with Gasteiger partial charge in [-0.15, -0.1) is 0 Å². The van der Waals surface area contributed by atoms with Crippen LogP contribution >= 0.6 is 0 Å². The molecule has 0 aliphatic carbocycles. The lowest BCUT2D eigenvalue weighted by Gasteiger charge is -2.28. The molecular formula is C19H28O5Si. The molecule has 6 heteroatoms. The zero-order chi connectivity index (χ0) is 18.3. The van der Waals surface area contributed by atoms with Crippen molar-refractivity contribution < 1.29 is 17.7 Å². The van der Waals surface area contributed by atoms with Crippen LogP contribution in [0.1, 0.15) is 38.3 Å². The van der Waals surface area contributed by atoms with E-state index in [0.717, 1.165) is 35.4 Å². The maximum absolute atomic E-state index is 11.6. The van der Waals surface area contributed by atoms with Crippen LogP contribution in [-0.2, 0) is 19.7 Å². The number of fused-ring (bicyclic) bond motifs is 1. The van der Waals surface area contributed by atoms with Crippen LogP contribution in [0, 0.1) is 6.92 Å². The summed E-state index contributed by atoms with van der Waals surface area (Å²) in [6, 6.07) is 8.35. The molecule has 25 heavy (non-hydrogen) atoms. The number of aryl methyl sites for hydroxylation is 2. The first kappa shape index (κ1) is 19.8. The van der Waals surface area contributed by atoms with Crippen molar-refractivity contribution in [3.05, 3.63) is 45.8 Å². The Morgan fingerprint density at radius 2 is 1.64 bits per heavy atom. The van der Waals surface area contributed by atoms with Crippen LogP contribution in [0.15, 0.2) is 33.5 Å². The average molecular weight is 365 g/mol. The molecule has 0 radical (unpaired) electrons. The highest BCUT2D eigenvalue weighted by Gasteiger charge is 2.39.